The number of rotatable bonds is 3. The Labute approximate surface area is 124 Å². The molecule has 8 heteroatoms. The molecule has 0 unspecified atom stereocenters. The topological polar surface area (TPSA) is 85.1 Å². The number of aryl methyl sites for hydroxylation is 1. The predicted molar refractivity (Wildman–Crippen MR) is 78.3 cm³/mol. The lowest BCUT2D eigenvalue weighted by Gasteiger charge is -2.10. The Balaban J connectivity index is 2.38. The van der Waals surface area contributed by atoms with Crippen molar-refractivity contribution in [2.45, 2.75) is 11.8 Å². The summed E-state index contributed by atoms with van der Waals surface area (Å²) in [4.78, 5) is 3.89. The maximum Gasteiger partial charge on any atom is 0.265 e. The van der Waals surface area contributed by atoms with Gasteiger partial charge in [-0.15, -0.1) is 0 Å². The molecule has 0 saturated heterocycles. The number of benzene rings is 1. The minimum Gasteiger partial charge on any atom is -0.398 e. The standard InChI is InChI=1S/C12H11BrFN3O2S/c1-7-9(13)3-5-12(16-7)17-20(18,19)11-4-2-8(14)6-10(11)15/h2-6H,15H2,1H3,(H,16,17). The lowest BCUT2D eigenvalue weighted by Crippen LogP contribution is -2.16. The highest BCUT2D eigenvalue weighted by Crippen LogP contribution is 2.23. The van der Waals surface area contributed by atoms with Crippen LogP contribution in [0.4, 0.5) is 15.9 Å². The largest absolute Gasteiger partial charge is 0.398 e. The van der Waals surface area contributed by atoms with Gasteiger partial charge in [0.1, 0.15) is 16.5 Å². The summed E-state index contributed by atoms with van der Waals surface area (Å²) in [6, 6.07) is 6.28. The third-order valence-corrected chi connectivity index (χ3v) is 4.79. The van der Waals surface area contributed by atoms with E-state index in [4.69, 9.17) is 5.73 Å². The van der Waals surface area contributed by atoms with Crippen molar-refractivity contribution < 1.29 is 12.8 Å². The number of aromatic nitrogens is 1. The van der Waals surface area contributed by atoms with Crippen LogP contribution in [0.3, 0.4) is 0 Å². The molecule has 1 aromatic heterocycles. The number of nitrogen functional groups attached to an aromatic ring is 1. The summed E-state index contributed by atoms with van der Waals surface area (Å²) >= 11 is 3.27. The molecule has 5 nitrogen and oxygen atoms in total. The third-order valence-electron chi connectivity index (χ3n) is 2.52. The summed E-state index contributed by atoms with van der Waals surface area (Å²) < 4.78 is 40.3. The van der Waals surface area contributed by atoms with Crippen molar-refractivity contribution in [2.75, 3.05) is 10.5 Å². The van der Waals surface area contributed by atoms with E-state index in [2.05, 4.69) is 25.6 Å². The van der Waals surface area contributed by atoms with E-state index in [0.29, 0.717) is 5.69 Å². The second kappa shape index (κ2) is 5.37. The highest BCUT2D eigenvalue weighted by molar-refractivity contribution is 9.10. The van der Waals surface area contributed by atoms with Crippen molar-refractivity contribution in [1.29, 1.82) is 0 Å². The number of nitrogens with one attached hydrogen (secondary N) is 1. The molecule has 2 aromatic rings. The Kier molecular flexibility index (Phi) is 3.96. The van der Waals surface area contributed by atoms with Crippen LogP contribution in [0.2, 0.25) is 0 Å². The molecule has 20 heavy (non-hydrogen) atoms. The first-order valence-electron chi connectivity index (χ1n) is 5.50. The quantitative estimate of drug-likeness (QED) is 0.825. The molecule has 0 aliphatic carbocycles. The molecule has 0 aliphatic heterocycles. The summed E-state index contributed by atoms with van der Waals surface area (Å²) in [5.41, 5.74) is 6.00. The number of nitrogens with two attached hydrogens (primary N) is 1. The SMILES string of the molecule is Cc1nc(NS(=O)(=O)c2ccc(F)cc2N)ccc1Br. The molecule has 3 N–H and O–H groups in total. The van der Waals surface area contributed by atoms with Crippen LogP contribution in [-0.4, -0.2) is 13.4 Å². The molecule has 106 valence electrons. The highest BCUT2D eigenvalue weighted by Gasteiger charge is 2.18. The van der Waals surface area contributed by atoms with Crippen molar-refractivity contribution in [3.8, 4) is 0 Å². The Hall–Kier alpha value is -1.67. The van der Waals surface area contributed by atoms with Gasteiger partial charge >= 0.3 is 0 Å². The van der Waals surface area contributed by atoms with Crippen molar-refractivity contribution in [3.05, 3.63) is 46.3 Å². The van der Waals surface area contributed by atoms with Crippen LogP contribution in [0.1, 0.15) is 5.69 Å². The number of hydrogen-bond donors (Lipinski definition) is 2. The summed E-state index contributed by atoms with van der Waals surface area (Å²) in [6.07, 6.45) is 0. The molecule has 1 heterocycles. The van der Waals surface area contributed by atoms with E-state index in [1.807, 2.05) is 0 Å². The van der Waals surface area contributed by atoms with Gasteiger partial charge in [0.2, 0.25) is 0 Å². The van der Waals surface area contributed by atoms with Gasteiger partial charge in [0.15, 0.2) is 0 Å². The highest BCUT2D eigenvalue weighted by atomic mass is 79.9. The average Bonchev–Trinajstić information content (AvgIpc) is 2.33. The molecular formula is C12H11BrFN3O2S. The second-order valence-corrected chi connectivity index (χ2v) is 6.56. The Bertz CT molecular complexity index is 765. The minimum absolute atomic E-state index is 0.161. The van der Waals surface area contributed by atoms with Crippen LogP contribution in [0.25, 0.3) is 0 Å². The predicted octanol–water partition coefficient (Wildman–Crippen LogP) is 2.67. The number of nitrogens with zero attached hydrogens (tertiary/aromatic N) is 1. The average molecular weight is 360 g/mol. The fourth-order valence-corrected chi connectivity index (χ4v) is 2.89. The molecular weight excluding hydrogens is 349 g/mol. The van der Waals surface area contributed by atoms with Gasteiger partial charge in [-0.1, -0.05) is 0 Å². The summed E-state index contributed by atoms with van der Waals surface area (Å²) in [5.74, 6) is -0.437. The molecule has 0 spiro atoms. The molecule has 0 radical (unpaired) electrons. The Morgan fingerprint density at radius 1 is 1.30 bits per heavy atom. The van der Waals surface area contributed by atoms with E-state index in [1.54, 1.807) is 13.0 Å². The van der Waals surface area contributed by atoms with Gasteiger partial charge < -0.3 is 5.73 Å². The number of sulfonamides is 1. The molecule has 0 atom stereocenters. The smallest absolute Gasteiger partial charge is 0.265 e. The zero-order chi connectivity index (χ0) is 14.9. The number of hydrogen-bond acceptors (Lipinski definition) is 4. The van der Waals surface area contributed by atoms with E-state index in [0.717, 1.165) is 22.7 Å². The van der Waals surface area contributed by atoms with Crippen LogP contribution >= 0.6 is 15.9 Å². The van der Waals surface area contributed by atoms with Gasteiger partial charge in [0.05, 0.1) is 11.4 Å². The Morgan fingerprint density at radius 3 is 2.60 bits per heavy atom. The zero-order valence-corrected chi connectivity index (χ0v) is 12.8. The lowest BCUT2D eigenvalue weighted by molar-refractivity contribution is 0.600. The first kappa shape index (κ1) is 14.7. The second-order valence-electron chi connectivity index (χ2n) is 4.05. The third kappa shape index (κ3) is 3.07. The van der Waals surface area contributed by atoms with Crippen molar-refractivity contribution in [1.82, 2.24) is 4.98 Å². The van der Waals surface area contributed by atoms with Crippen molar-refractivity contribution in [3.63, 3.8) is 0 Å². The summed E-state index contributed by atoms with van der Waals surface area (Å²) in [5, 5.41) is 0. The zero-order valence-electron chi connectivity index (χ0n) is 10.4. The van der Waals surface area contributed by atoms with E-state index in [9.17, 15) is 12.8 Å². The van der Waals surface area contributed by atoms with Gasteiger partial charge in [-0.3, -0.25) is 4.72 Å². The fourth-order valence-electron chi connectivity index (χ4n) is 1.56. The molecule has 0 aliphatic rings. The van der Waals surface area contributed by atoms with E-state index >= 15 is 0 Å². The maximum atomic E-state index is 12.9. The van der Waals surface area contributed by atoms with Gasteiger partial charge in [-0.25, -0.2) is 17.8 Å². The monoisotopic (exact) mass is 359 g/mol. The number of anilines is 2. The molecule has 0 saturated carbocycles. The normalized spacial score (nSPS) is 11.3. The van der Waals surface area contributed by atoms with Crippen LogP contribution in [0, 0.1) is 12.7 Å². The first-order valence-corrected chi connectivity index (χ1v) is 7.78. The van der Waals surface area contributed by atoms with E-state index in [-0.39, 0.29) is 16.4 Å². The van der Waals surface area contributed by atoms with E-state index in [1.165, 1.54) is 6.07 Å². The summed E-state index contributed by atoms with van der Waals surface area (Å²) in [6.45, 7) is 1.73. The van der Waals surface area contributed by atoms with Crippen molar-refractivity contribution >= 4 is 37.5 Å². The molecule has 1 aromatic carbocycles. The molecule has 0 fully saturated rings. The fraction of sp³-hybridized carbons (Fsp3) is 0.0833. The van der Waals surface area contributed by atoms with Gasteiger partial charge in [0, 0.05) is 4.47 Å². The first-order chi connectivity index (χ1) is 9.29. The minimum atomic E-state index is -3.91. The maximum absolute atomic E-state index is 12.9. The molecule has 2 rings (SSSR count). The Morgan fingerprint density at radius 2 is 2.00 bits per heavy atom. The van der Waals surface area contributed by atoms with Gasteiger partial charge in [-0.05, 0) is 53.2 Å². The van der Waals surface area contributed by atoms with Gasteiger partial charge in [-0.2, -0.15) is 0 Å². The van der Waals surface area contributed by atoms with Crippen LogP contribution in [0.15, 0.2) is 39.7 Å². The summed E-state index contributed by atoms with van der Waals surface area (Å²) in [7, 11) is -3.91. The molecule has 0 amide bonds. The molecule has 0 bridgehead atoms. The van der Waals surface area contributed by atoms with Crippen molar-refractivity contribution in [2.24, 2.45) is 0 Å². The van der Waals surface area contributed by atoms with Crippen LogP contribution in [0.5, 0.6) is 0 Å². The number of pyridine rings is 1. The van der Waals surface area contributed by atoms with Crippen LogP contribution < -0.4 is 10.5 Å². The van der Waals surface area contributed by atoms with E-state index < -0.39 is 15.8 Å². The van der Waals surface area contributed by atoms with Gasteiger partial charge in [0.25, 0.3) is 10.0 Å². The number of halogens is 2. The van der Waals surface area contributed by atoms with Crippen LogP contribution in [-0.2, 0) is 10.0 Å². The lowest BCUT2D eigenvalue weighted by atomic mass is 10.3.